The Balaban J connectivity index is 1.73. The van der Waals surface area contributed by atoms with Crippen molar-refractivity contribution in [1.82, 2.24) is 10.2 Å². The van der Waals surface area contributed by atoms with Crippen LogP contribution in [0, 0.1) is 5.82 Å². The van der Waals surface area contributed by atoms with E-state index in [2.05, 4.69) is 10.6 Å². The van der Waals surface area contributed by atoms with Crippen LogP contribution in [0.2, 0.25) is 0 Å². The topological polar surface area (TPSA) is 61.4 Å². The molecule has 1 heterocycles. The molecule has 1 unspecified atom stereocenters. The number of carbonyl (C=O) groups is 2. The maximum Gasteiger partial charge on any atom is 0.318 e. The van der Waals surface area contributed by atoms with Gasteiger partial charge in [-0.15, -0.1) is 0 Å². The Bertz CT molecular complexity index is 782. The minimum Gasteiger partial charge on any atom is -0.326 e. The van der Waals surface area contributed by atoms with Crippen molar-refractivity contribution in [1.29, 1.82) is 0 Å². The van der Waals surface area contributed by atoms with E-state index in [4.69, 9.17) is 0 Å². The van der Waals surface area contributed by atoms with Crippen molar-refractivity contribution in [2.45, 2.75) is 12.5 Å². The second-order valence-electron chi connectivity index (χ2n) is 6.26. The van der Waals surface area contributed by atoms with Crippen LogP contribution >= 0.6 is 11.8 Å². The largest absolute Gasteiger partial charge is 0.326 e. The molecule has 7 heteroatoms. The molecule has 0 spiro atoms. The quantitative estimate of drug-likeness (QED) is 0.829. The summed E-state index contributed by atoms with van der Waals surface area (Å²) in [5.74, 6) is 0.823. The Kier molecular flexibility index (Phi) is 6.70. The normalized spacial score (nSPS) is 15.1. The first kappa shape index (κ1) is 19.2. The summed E-state index contributed by atoms with van der Waals surface area (Å²) in [7, 11) is 0. The molecule has 27 heavy (non-hydrogen) atoms. The Morgan fingerprint density at radius 1 is 1.04 bits per heavy atom. The molecule has 2 aromatic carbocycles. The number of halogens is 1. The molecule has 0 aromatic heterocycles. The fraction of sp³-hybridized carbons (Fsp3) is 0.300. The Labute approximate surface area is 162 Å². The molecule has 3 amide bonds. The predicted octanol–water partition coefficient (Wildman–Crippen LogP) is 3.13. The number of carbonyl (C=O) groups excluding carboxylic acids is 2. The lowest BCUT2D eigenvalue weighted by Crippen LogP contribution is -2.52. The molecule has 0 radical (unpaired) electrons. The van der Waals surface area contributed by atoms with Gasteiger partial charge in [0.25, 0.3) is 0 Å². The smallest absolute Gasteiger partial charge is 0.318 e. The van der Waals surface area contributed by atoms with Crippen LogP contribution in [0.1, 0.15) is 5.56 Å². The SMILES string of the molecule is O=C(Nc1ccccc1F)C(Cc1ccccc1)NC(=O)N1CCSCC1. The van der Waals surface area contributed by atoms with Crippen LogP contribution in [0.4, 0.5) is 14.9 Å². The summed E-state index contributed by atoms with van der Waals surface area (Å²) in [6.45, 7) is 1.31. The molecule has 0 aliphatic carbocycles. The predicted molar refractivity (Wildman–Crippen MR) is 106 cm³/mol. The first-order valence-corrected chi connectivity index (χ1v) is 10.0. The molecule has 5 nitrogen and oxygen atoms in total. The van der Waals surface area contributed by atoms with Gasteiger partial charge in [-0.1, -0.05) is 42.5 Å². The lowest BCUT2D eigenvalue weighted by atomic mass is 10.1. The van der Waals surface area contributed by atoms with Crippen molar-refractivity contribution >= 4 is 29.4 Å². The van der Waals surface area contributed by atoms with Gasteiger partial charge in [-0.05, 0) is 17.7 Å². The van der Waals surface area contributed by atoms with E-state index in [-0.39, 0.29) is 11.7 Å². The summed E-state index contributed by atoms with van der Waals surface area (Å²) >= 11 is 1.80. The fourth-order valence-electron chi connectivity index (χ4n) is 2.85. The lowest BCUT2D eigenvalue weighted by molar-refractivity contribution is -0.118. The zero-order chi connectivity index (χ0) is 19.1. The number of nitrogens with zero attached hydrogens (tertiary/aromatic N) is 1. The van der Waals surface area contributed by atoms with E-state index < -0.39 is 17.8 Å². The van der Waals surface area contributed by atoms with Crippen LogP contribution in [-0.4, -0.2) is 47.5 Å². The van der Waals surface area contributed by atoms with Gasteiger partial charge in [-0.2, -0.15) is 11.8 Å². The Morgan fingerprint density at radius 2 is 1.70 bits per heavy atom. The van der Waals surface area contributed by atoms with E-state index in [1.807, 2.05) is 30.3 Å². The highest BCUT2D eigenvalue weighted by Gasteiger charge is 2.25. The van der Waals surface area contributed by atoms with Crippen LogP contribution in [-0.2, 0) is 11.2 Å². The molecule has 1 atom stereocenters. The third-order valence-corrected chi connectivity index (χ3v) is 5.27. The van der Waals surface area contributed by atoms with Crippen LogP contribution < -0.4 is 10.6 Å². The van der Waals surface area contributed by atoms with Crippen molar-refractivity contribution in [3.8, 4) is 0 Å². The average molecular weight is 387 g/mol. The van der Waals surface area contributed by atoms with Crippen LogP contribution in [0.25, 0.3) is 0 Å². The highest BCUT2D eigenvalue weighted by atomic mass is 32.2. The van der Waals surface area contributed by atoms with Crippen molar-refractivity contribution in [3.63, 3.8) is 0 Å². The minimum absolute atomic E-state index is 0.101. The lowest BCUT2D eigenvalue weighted by Gasteiger charge is -2.29. The number of para-hydroxylation sites is 1. The van der Waals surface area contributed by atoms with Gasteiger partial charge >= 0.3 is 6.03 Å². The number of anilines is 1. The molecule has 1 fully saturated rings. The first-order valence-electron chi connectivity index (χ1n) is 8.86. The molecule has 1 aliphatic rings. The van der Waals surface area contributed by atoms with Gasteiger partial charge < -0.3 is 15.5 Å². The molecule has 2 N–H and O–H groups in total. The number of hydrogen-bond acceptors (Lipinski definition) is 3. The Morgan fingerprint density at radius 3 is 2.41 bits per heavy atom. The van der Waals surface area contributed by atoms with Crippen molar-refractivity contribution in [3.05, 3.63) is 66.0 Å². The standard InChI is InChI=1S/C20H22FN3O2S/c21-16-8-4-5-9-17(16)22-19(25)18(14-15-6-2-1-3-7-15)23-20(26)24-10-12-27-13-11-24/h1-9,18H,10-14H2,(H,22,25)(H,23,26). The van der Waals surface area contributed by atoms with Crippen LogP contribution in [0.3, 0.4) is 0 Å². The third-order valence-electron chi connectivity index (χ3n) is 4.33. The molecule has 3 rings (SSSR count). The van der Waals surface area contributed by atoms with E-state index >= 15 is 0 Å². The van der Waals surface area contributed by atoms with Gasteiger partial charge in [0.1, 0.15) is 11.9 Å². The van der Waals surface area contributed by atoms with Crippen molar-refractivity contribution in [2.75, 3.05) is 29.9 Å². The van der Waals surface area contributed by atoms with Crippen LogP contribution in [0.5, 0.6) is 0 Å². The molecule has 1 aliphatic heterocycles. The molecule has 0 bridgehead atoms. The molecule has 0 saturated carbocycles. The number of urea groups is 1. The minimum atomic E-state index is -0.797. The number of hydrogen-bond donors (Lipinski definition) is 2. The number of rotatable bonds is 5. The molecule has 1 saturated heterocycles. The number of nitrogens with one attached hydrogen (secondary N) is 2. The fourth-order valence-corrected chi connectivity index (χ4v) is 3.75. The average Bonchev–Trinajstić information content (AvgIpc) is 2.70. The highest BCUT2D eigenvalue weighted by Crippen LogP contribution is 2.14. The van der Waals surface area contributed by atoms with Gasteiger partial charge in [-0.3, -0.25) is 4.79 Å². The number of amides is 3. The zero-order valence-corrected chi connectivity index (χ0v) is 15.7. The summed E-state index contributed by atoms with van der Waals surface area (Å²) in [4.78, 5) is 27.1. The summed E-state index contributed by atoms with van der Waals surface area (Å²) in [6.07, 6.45) is 0.329. The van der Waals surface area contributed by atoms with Gasteiger partial charge in [0, 0.05) is 31.0 Å². The van der Waals surface area contributed by atoms with Crippen molar-refractivity contribution < 1.29 is 14.0 Å². The molecule has 2 aromatic rings. The second kappa shape index (κ2) is 9.41. The van der Waals surface area contributed by atoms with Gasteiger partial charge in [0.2, 0.25) is 5.91 Å². The van der Waals surface area contributed by atoms with E-state index in [9.17, 15) is 14.0 Å². The Hall–Kier alpha value is -2.54. The van der Waals surface area contributed by atoms with Gasteiger partial charge in [0.05, 0.1) is 5.69 Å². The zero-order valence-electron chi connectivity index (χ0n) is 14.9. The molecular formula is C20H22FN3O2S. The van der Waals surface area contributed by atoms with Gasteiger partial charge in [0.15, 0.2) is 0 Å². The van der Waals surface area contributed by atoms with Crippen LogP contribution in [0.15, 0.2) is 54.6 Å². The van der Waals surface area contributed by atoms with E-state index in [0.29, 0.717) is 19.5 Å². The van der Waals surface area contributed by atoms with E-state index in [1.165, 1.54) is 12.1 Å². The monoisotopic (exact) mass is 387 g/mol. The summed E-state index contributed by atoms with van der Waals surface area (Å²) in [5, 5.41) is 5.41. The summed E-state index contributed by atoms with van der Waals surface area (Å²) in [6, 6.07) is 14.4. The number of thioether (sulfide) groups is 1. The molecular weight excluding hydrogens is 365 g/mol. The maximum absolute atomic E-state index is 13.9. The number of benzene rings is 2. The summed E-state index contributed by atoms with van der Waals surface area (Å²) in [5.41, 5.74) is 1.02. The molecule has 142 valence electrons. The van der Waals surface area contributed by atoms with Crippen molar-refractivity contribution in [2.24, 2.45) is 0 Å². The second-order valence-corrected chi connectivity index (χ2v) is 7.49. The third kappa shape index (κ3) is 5.47. The van der Waals surface area contributed by atoms with E-state index in [0.717, 1.165) is 17.1 Å². The van der Waals surface area contributed by atoms with Gasteiger partial charge in [-0.25, -0.2) is 9.18 Å². The maximum atomic E-state index is 13.9. The van der Waals surface area contributed by atoms with E-state index in [1.54, 1.807) is 28.8 Å². The highest BCUT2D eigenvalue weighted by molar-refractivity contribution is 7.99. The summed E-state index contributed by atoms with van der Waals surface area (Å²) < 4.78 is 13.9. The first-order chi connectivity index (χ1) is 13.1.